The standard InChI is InChI=1S/C22H30N4O6/c1-25(20(29)15-3-5-17(6-4-15)32-12-2-10-23)16-7-9-22(31,18(27)13-16)14-26-11-8-19(28)24-21(26)30/h3-6,8,11,16,18,27,31H,2,7,9-10,12-14,23H2,1H3,(H,24,28,30)/t16-,18+,22+/m0/s1. The van der Waals surface area contributed by atoms with Crippen LogP contribution in [-0.4, -0.2) is 68.5 Å². The summed E-state index contributed by atoms with van der Waals surface area (Å²) in [6, 6.07) is 7.75. The number of aromatic nitrogens is 2. The summed E-state index contributed by atoms with van der Waals surface area (Å²) < 4.78 is 6.71. The molecule has 1 heterocycles. The molecular weight excluding hydrogens is 416 g/mol. The highest BCUT2D eigenvalue weighted by molar-refractivity contribution is 5.94. The molecule has 10 heteroatoms. The van der Waals surface area contributed by atoms with Gasteiger partial charge in [0.15, 0.2) is 0 Å². The maximum atomic E-state index is 12.9. The van der Waals surface area contributed by atoms with Gasteiger partial charge >= 0.3 is 5.69 Å². The smallest absolute Gasteiger partial charge is 0.328 e. The molecule has 1 fully saturated rings. The van der Waals surface area contributed by atoms with Gasteiger partial charge in [-0.05, 0) is 56.5 Å². The van der Waals surface area contributed by atoms with E-state index in [9.17, 15) is 24.6 Å². The largest absolute Gasteiger partial charge is 0.494 e. The number of aliphatic hydroxyl groups is 2. The van der Waals surface area contributed by atoms with Crippen LogP contribution in [0.2, 0.25) is 0 Å². The fourth-order valence-corrected chi connectivity index (χ4v) is 3.91. The van der Waals surface area contributed by atoms with Crippen molar-refractivity contribution >= 4 is 5.91 Å². The van der Waals surface area contributed by atoms with Crippen LogP contribution in [0.1, 0.15) is 36.0 Å². The SMILES string of the molecule is CN(C(=O)c1ccc(OCCCN)cc1)[C@H]1CC[C@@](O)(Cn2ccc(=O)[nH]c2=O)[C@H](O)C1. The van der Waals surface area contributed by atoms with E-state index in [1.54, 1.807) is 36.2 Å². The van der Waals surface area contributed by atoms with E-state index in [1.165, 1.54) is 12.3 Å². The number of hydrogen-bond donors (Lipinski definition) is 4. The third-order valence-electron chi connectivity index (χ3n) is 5.95. The molecular formula is C22H30N4O6. The van der Waals surface area contributed by atoms with Gasteiger partial charge in [-0.3, -0.25) is 19.1 Å². The van der Waals surface area contributed by atoms with Crippen LogP contribution < -0.4 is 21.7 Å². The molecule has 0 radical (unpaired) electrons. The van der Waals surface area contributed by atoms with Gasteiger partial charge in [-0.2, -0.15) is 0 Å². The number of nitrogens with zero attached hydrogens (tertiary/aromatic N) is 2. The first-order valence-corrected chi connectivity index (χ1v) is 10.6. The summed E-state index contributed by atoms with van der Waals surface area (Å²) in [5, 5.41) is 21.6. The molecule has 0 saturated heterocycles. The molecule has 0 unspecified atom stereocenters. The van der Waals surface area contributed by atoms with Crippen LogP contribution in [0.5, 0.6) is 5.75 Å². The average molecular weight is 447 g/mol. The second-order valence-corrected chi connectivity index (χ2v) is 8.22. The lowest BCUT2D eigenvalue weighted by Gasteiger charge is -2.43. The van der Waals surface area contributed by atoms with Gasteiger partial charge in [0.05, 0.1) is 19.3 Å². The molecule has 5 N–H and O–H groups in total. The van der Waals surface area contributed by atoms with Gasteiger partial charge < -0.3 is 25.6 Å². The van der Waals surface area contributed by atoms with Gasteiger partial charge in [-0.15, -0.1) is 0 Å². The van der Waals surface area contributed by atoms with Crippen molar-refractivity contribution in [2.75, 3.05) is 20.2 Å². The molecule has 1 amide bonds. The summed E-state index contributed by atoms with van der Waals surface area (Å²) in [5.41, 5.74) is 3.22. The number of aliphatic hydroxyl groups excluding tert-OH is 1. The number of carbonyl (C=O) groups excluding carboxylic acids is 1. The first-order valence-electron chi connectivity index (χ1n) is 10.6. The third-order valence-corrected chi connectivity index (χ3v) is 5.95. The van der Waals surface area contributed by atoms with Crippen molar-refractivity contribution in [3.05, 3.63) is 62.9 Å². The molecule has 3 atom stereocenters. The molecule has 3 rings (SSSR count). The Balaban J connectivity index is 1.62. The average Bonchev–Trinajstić information content (AvgIpc) is 2.77. The van der Waals surface area contributed by atoms with Gasteiger partial charge in [0, 0.05) is 30.9 Å². The fourth-order valence-electron chi connectivity index (χ4n) is 3.91. The van der Waals surface area contributed by atoms with Crippen molar-refractivity contribution < 1.29 is 19.7 Å². The molecule has 0 spiro atoms. The van der Waals surface area contributed by atoms with E-state index in [0.29, 0.717) is 30.9 Å². The van der Waals surface area contributed by atoms with E-state index < -0.39 is 23.0 Å². The van der Waals surface area contributed by atoms with Crippen LogP contribution >= 0.6 is 0 Å². The maximum absolute atomic E-state index is 12.9. The van der Waals surface area contributed by atoms with Gasteiger partial charge in [0.1, 0.15) is 11.4 Å². The molecule has 2 aromatic rings. The molecule has 10 nitrogen and oxygen atoms in total. The first kappa shape index (κ1) is 23.7. The number of nitrogens with one attached hydrogen (secondary N) is 1. The summed E-state index contributed by atoms with van der Waals surface area (Å²) in [5.74, 6) is 0.464. The van der Waals surface area contributed by atoms with Crippen LogP contribution in [0, 0.1) is 0 Å². The quantitative estimate of drug-likeness (QED) is 0.406. The van der Waals surface area contributed by atoms with Crippen molar-refractivity contribution in [2.24, 2.45) is 5.73 Å². The number of benzene rings is 1. The Morgan fingerprint density at radius 3 is 2.66 bits per heavy atom. The van der Waals surface area contributed by atoms with Crippen molar-refractivity contribution in [1.82, 2.24) is 14.5 Å². The second kappa shape index (κ2) is 10.1. The van der Waals surface area contributed by atoms with Crippen LogP contribution in [0.15, 0.2) is 46.1 Å². The minimum absolute atomic E-state index is 0.153. The normalized spacial score (nSPS) is 23.0. The van der Waals surface area contributed by atoms with E-state index in [2.05, 4.69) is 4.98 Å². The molecule has 32 heavy (non-hydrogen) atoms. The minimum Gasteiger partial charge on any atom is -0.494 e. The van der Waals surface area contributed by atoms with Crippen molar-refractivity contribution in [2.45, 2.75) is 50.0 Å². The highest BCUT2D eigenvalue weighted by atomic mass is 16.5. The van der Waals surface area contributed by atoms with E-state index in [1.807, 2.05) is 0 Å². The summed E-state index contributed by atoms with van der Waals surface area (Å²) in [6.45, 7) is 0.906. The van der Waals surface area contributed by atoms with Gasteiger partial charge in [0.25, 0.3) is 11.5 Å². The molecule has 0 aliphatic heterocycles. The van der Waals surface area contributed by atoms with Crippen LogP contribution in [-0.2, 0) is 6.54 Å². The fraction of sp³-hybridized carbons (Fsp3) is 0.500. The van der Waals surface area contributed by atoms with Crippen molar-refractivity contribution in [3.8, 4) is 5.75 Å². The Morgan fingerprint density at radius 2 is 2.03 bits per heavy atom. The number of carbonyl (C=O) groups is 1. The van der Waals surface area contributed by atoms with E-state index in [0.717, 1.165) is 11.0 Å². The van der Waals surface area contributed by atoms with Crippen LogP contribution in [0.3, 0.4) is 0 Å². The Bertz CT molecular complexity index is 1030. The Labute approximate surface area is 185 Å². The zero-order chi connectivity index (χ0) is 23.3. The third kappa shape index (κ3) is 5.45. The number of hydrogen-bond acceptors (Lipinski definition) is 7. The number of amides is 1. The molecule has 1 aliphatic carbocycles. The summed E-state index contributed by atoms with van der Waals surface area (Å²) >= 11 is 0. The van der Waals surface area contributed by atoms with E-state index in [-0.39, 0.29) is 31.3 Å². The summed E-state index contributed by atoms with van der Waals surface area (Å²) in [4.78, 5) is 39.7. The highest BCUT2D eigenvalue weighted by Gasteiger charge is 2.43. The lowest BCUT2D eigenvalue weighted by atomic mass is 9.79. The second-order valence-electron chi connectivity index (χ2n) is 8.22. The number of aromatic amines is 1. The summed E-state index contributed by atoms with van der Waals surface area (Å²) in [7, 11) is 1.67. The molecule has 0 bridgehead atoms. The van der Waals surface area contributed by atoms with Crippen LogP contribution in [0.4, 0.5) is 0 Å². The molecule has 1 aromatic heterocycles. The van der Waals surface area contributed by atoms with E-state index >= 15 is 0 Å². The predicted molar refractivity (Wildman–Crippen MR) is 118 cm³/mol. The minimum atomic E-state index is -1.54. The Kier molecular flexibility index (Phi) is 7.49. The molecule has 174 valence electrons. The van der Waals surface area contributed by atoms with E-state index in [4.69, 9.17) is 10.5 Å². The summed E-state index contributed by atoms with van der Waals surface area (Å²) in [6.07, 6.45) is 1.70. The molecule has 1 aliphatic rings. The topological polar surface area (TPSA) is 151 Å². The lowest BCUT2D eigenvalue weighted by molar-refractivity contribution is -0.122. The monoisotopic (exact) mass is 446 g/mol. The zero-order valence-electron chi connectivity index (χ0n) is 18.1. The Hall–Kier alpha value is -2.95. The number of H-pyrrole nitrogens is 1. The Morgan fingerprint density at radius 1 is 1.31 bits per heavy atom. The number of nitrogens with two attached hydrogens (primary N) is 1. The molecule has 1 aromatic carbocycles. The van der Waals surface area contributed by atoms with Gasteiger partial charge in [-0.1, -0.05) is 0 Å². The number of ether oxygens (including phenoxy) is 1. The zero-order valence-corrected chi connectivity index (χ0v) is 18.1. The predicted octanol–water partition coefficient (Wildman–Crippen LogP) is -0.319. The first-order chi connectivity index (χ1) is 15.2. The van der Waals surface area contributed by atoms with Gasteiger partial charge in [0.2, 0.25) is 0 Å². The van der Waals surface area contributed by atoms with Crippen LogP contribution in [0.25, 0.3) is 0 Å². The van der Waals surface area contributed by atoms with Crippen molar-refractivity contribution in [1.29, 1.82) is 0 Å². The maximum Gasteiger partial charge on any atom is 0.328 e. The highest BCUT2D eigenvalue weighted by Crippen LogP contribution is 2.32. The number of rotatable bonds is 8. The molecule has 1 saturated carbocycles. The lowest BCUT2D eigenvalue weighted by Crippen LogP contribution is -2.55. The van der Waals surface area contributed by atoms with Gasteiger partial charge in [-0.25, -0.2) is 4.79 Å². The van der Waals surface area contributed by atoms with Crippen molar-refractivity contribution in [3.63, 3.8) is 0 Å².